The molecule has 1 aromatic carbocycles. The van der Waals surface area contributed by atoms with Crippen molar-refractivity contribution < 1.29 is 9.59 Å². The summed E-state index contributed by atoms with van der Waals surface area (Å²) in [6.45, 7) is 3.11. The quantitative estimate of drug-likeness (QED) is 0.793. The van der Waals surface area contributed by atoms with Gasteiger partial charge in [-0.05, 0) is 23.8 Å². The number of rotatable bonds is 6. The molecule has 126 valence electrons. The van der Waals surface area contributed by atoms with Crippen molar-refractivity contribution in [1.29, 1.82) is 0 Å². The van der Waals surface area contributed by atoms with Crippen LogP contribution < -0.4 is 10.6 Å². The van der Waals surface area contributed by atoms with Crippen LogP contribution in [0, 0.1) is 5.92 Å². The van der Waals surface area contributed by atoms with Crippen LogP contribution in [0.25, 0.3) is 0 Å². The van der Waals surface area contributed by atoms with Gasteiger partial charge in [-0.1, -0.05) is 69.4 Å². The Morgan fingerprint density at radius 3 is 2.39 bits per heavy atom. The second-order valence-electron chi connectivity index (χ2n) is 6.57. The Balaban J connectivity index is 1.63. The van der Waals surface area contributed by atoms with Crippen LogP contribution in [0.1, 0.15) is 56.9 Å². The van der Waals surface area contributed by atoms with Gasteiger partial charge in [0.2, 0.25) is 0 Å². The summed E-state index contributed by atoms with van der Waals surface area (Å²) in [5.41, 5.74) is 1.16. The normalized spacial score (nSPS) is 16.6. The second kappa shape index (κ2) is 9.33. The topological polar surface area (TPSA) is 58.2 Å². The fourth-order valence-electron chi connectivity index (χ4n) is 3.17. The van der Waals surface area contributed by atoms with Crippen molar-refractivity contribution in [2.24, 2.45) is 5.92 Å². The molecule has 1 saturated carbocycles. The maximum Gasteiger partial charge on any atom is 0.309 e. The van der Waals surface area contributed by atoms with E-state index in [9.17, 15) is 9.59 Å². The molecule has 1 aromatic rings. The highest BCUT2D eigenvalue weighted by Gasteiger charge is 2.16. The second-order valence-corrected chi connectivity index (χ2v) is 6.57. The largest absolute Gasteiger partial charge is 0.348 e. The molecular weight excluding hydrogens is 288 g/mol. The van der Waals surface area contributed by atoms with E-state index >= 15 is 0 Å². The smallest absolute Gasteiger partial charge is 0.309 e. The van der Waals surface area contributed by atoms with Gasteiger partial charge in [-0.25, -0.2) is 0 Å². The van der Waals surface area contributed by atoms with E-state index in [0.29, 0.717) is 19.0 Å². The molecular formula is C19H28N2O2. The van der Waals surface area contributed by atoms with Gasteiger partial charge in [-0.15, -0.1) is 0 Å². The van der Waals surface area contributed by atoms with E-state index < -0.39 is 11.8 Å². The van der Waals surface area contributed by atoms with Gasteiger partial charge in [0.1, 0.15) is 0 Å². The van der Waals surface area contributed by atoms with Crippen molar-refractivity contribution in [3.05, 3.63) is 35.9 Å². The Morgan fingerprint density at radius 2 is 1.70 bits per heavy atom. The predicted molar refractivity (Wildman–Crippen MR) is 92.1 cm³/mol. The van der Waals surface area contributed by atoms with Gasteiger partial charge < -0.3 is 10.6 Å². The lowest BCUT2D eigenvalue weighted by atomic mass is 9.87. The molecule has 0 bridgehead atoms. The summed E-state index contributed by atoms with van der Waals surface area (Å²) < 4.78 is 0. The van der Waals surface area contributed by atoms with Crippen LogP contribution in [0.5, 0.6) is 0 Å². The lowest BCUT2D eigenvalue weighted by molar-refractivity contribution is -0.139. The highest BCUT2D eigenvalue weighted by molar-refractivity contribution is 6.35. The summed E-state index contributed by atoms with van der Waals surface area (Å²) >= 11 is 0. The standard InChI is InChI=1S/C19H28N2O2/c1-15(17-10-6-3-7-11-17)14-21-19(23)18(22)20-13-12-16-8-4-2-5-9-16/h3,6-7,10-11,15-16H,2,4-5,8-9,12-14H2,1H3,(H,20,22)(H,21,23)/t15-/m1/s1. The molecule has 2 rings (SSSR count). The average molecular weight is 316 g/mol. The first-order valence-electron chi connectivity index (χ1n) is 8.78. The number of carbonyl (C=O) groups excluding carboxylic acids is 2. The molecule has 1 fully saturated rings. The van der Waals surface area contributed by atoms with E-state index in [-0.39, 0.29) is 5.92 Å². The van der Waals surface area contributed by atoms with Gasteiger partial charge in [0.25, 0.3) is 0 Å². The molecule has 2 amide bonds. The summed E-state index contributed by atoms with van der Waals surface area (Å²) in [6, 6.07) is 9.98. The Morgan fingerprint density at radius 1 is 1.04 bits per heavy atom. The Labute approximate surface area is 139 Å². The number of hydrogen-bond donors (Lipinski definition) is 2. The first kappa shape index (κ1) is 17.5. The molecule has 0 aromatic heterocycles. The van der Waals surface area contributed by atoms with Gasteiger partial charge in [0, 0.05) is 13.1 Å². The van der Waals surface area contributed by atoms with E-state index in [1.165, 1.54) is 32.1 Å². The van der Waals surface area contributed by atoms with E-state index in [1.54, 1.807) is 0 Å². The van der Waals surface area contributed by atoms with Crippen LogP contribution in [-0.2, 0) is 9.59 Å². The van der Waals surface area contributed by atoms with Gasteiger partial charge in [0.05, 0.1) is 0 Å². The zero-order valence-electron chi connectivity index (χ0n) is 14.0. The Kier molecular flexibility index (Phi) is 7.11. The van der Waals surface area contributed by atoms with Crippen LogP contribution in [0.3, 0.4) is 0 Å². The molecule has 0 radical (unpaired) electrons. The maximum atomic E-state index is 11.8. The van der Waals surface area contributed by atoms with Crippen molar-refractivity contribution >= 4 is 11.8 Å². The molecule has 0 saturated heterocycles. The lowest BCUT2D eigenvalue weighted by Gasteiger charge is -2.21. The molecule has 0 heterocycles. The molecule has 0 aliphatic heterocycles. The van der Waals surface area contributed by atoms with Crippen LogP contribution in [0.15, 0.2) is 30.3 Å². The fourth-order valence-corrected chi connectivity index (χ4v) is 3.17. The minimum atomic E-state index is -0.531. The van der Waals surface area contributed by atoms with Gasteiger partial charge in [0.15, 0.2) is 0 Å². The van der Waals surface area contributed by atoms with Crippen molar-refractivity contribution in [1.82, 2.24) is 10.6 Å². The molecule has 4 nitrogen and oxygen atoms in total. The van der Waals surface area contributed by atoms with Crippen molar-refractivity contribution in [3.8, 4) is 0 Å². The molecule has 1 aliphatic carbocycles. The highest BCUT2D eigenvalue weighted by atomic mass is 16.2. The molecule has 0 unspecified atom stereocenters. The highest BCUT2D eigenvalue weighted by Crippen LogP contribution is 2.25. The SMILES string of the molecule is C[C@H](CNC(=O)C(=O)NCCC1CCCCC1)c1ccccc1. The van der Waals surface area contributed by atoms with Crippen LogP contribution >= 0.6 is 0 Å². The van der Waals surface area contributed by atoms with E-state index in [0.717, 1.165) is 12.0 Å². The summed E-state index contributed by atoms with van der Waals surface area (Å²) in [5, 5.41) is 5.46. The Bertz CT molecular complexity index is 495. The molecule has 4 heteroatoms. The average Bonchev–Trinajstić information content (AvgIpc) is 2.61. The third-order valence-electron chi connectivity index (χ3n) is 4.71. The zero-order valence-corrected chi connectivity index (χ0v) is 14.0. The first-order valence-corrected chi connectivity index (χ1v) is 8.78. The summed E-state index contributed by atoms with van der Waals surface area (Å²) in [6.07, 6.45) is 7.45. The number of carbonyl (C=O) groups is 2. The number of hydrogen-bond acceptors (Lipinski definition) is 2. The monoisotopic (exact) mass is 316 g/mol. The molecule has 23 heavy (non-hydrogen) atoms. The van der Waals surface area contributed by atoms with E-state index in [2.05, 4.69) is 10.6 Å². The molecule has 0 spiro atoms. The minimum Gasteiger partial charge on any atom is -0.348 e. The minimum absolute atomic E-state index is 0.190. The van der Waals surface area contributed by atoms with Crippen molar-refractivity contribution in [2.75, 3.05) is 13.1 Å². The summed E-state index contributed by atoms with van der Waals surface area (Å²) in [4.78, 5) is 23.6. The number of benzene rings is 1. The van der Waals surface area contributed by atoms with Crippen molar-refractivity contribution in [2.45, 2.75) is 51.4 Å². The van der Waals surface area contributed by atoms with E-state index in [4.69, 9.17) is 0 Å². The summed E-state index contributed by atoms with van der Waals surface area (Å²) in [5.74, 6) is -0.141. The fraction of sp³-hybridized carbons (Fsp3) is 0.579. The molecule has 1 atom stereocenters. The maximum absolute atomic E-state index is 11.8. The molecule has 2 N–H and O–H groups in total. The first-order chi connectivity index (χ1) is 11.2. The van der Waals surface area contributed by atoms with Crippen LogP contribution in [-0.4, -0.2) is 24.9 Å². The van der Waals surface area contributed by atoms with Crippen molar-refractivity contribution in [3.63, 3.8) is 0 Å². The van der Waals surface area contributed by atoms with E-state index in [1.807, 2.05) is 37.3 Å². The van der Waals surface area contributed by atoms with Crippen LogP contribution in [0.4, 0.5) is 0 Å². The number of amides is 2. The zero-order chi connectivity index (χ0) is 16.5. The van der Waals surface area contributed by atoms with Gasteiger partial charge in [-0.3, -0.25) is 9.59 Å². The summed E-state index contributed by atoms with van der Waals surface area (Å²) in [7, 11) is 0. The molecule has 1 aliphatic rings. The van der Waals surface area contributed by atoms with Gasteiger partial charge >= 0.3 is 11.8 Å². The van der Waals surface area contributed by atoms with Gasteiger partial charge in [-0.2, -0.15) is 0 Å². The Hall–Kier alpha value is -1.84. The van der Waals surface area contributed by atoms with Crippen LogP contribution in [0.2, 0.25) is 0 Å². The third kappa shape index (κ3) is 6.05. The number of nitrogens with one attached hydrogen (secondary N) is 2. The lowest BCUT2D eigenvalue weighted by Crippen LogP contribution is -2.41. The predicted octanol–water partition coefficient (Wildman–Crippen LogP) is 2.99. The third-order valence-corrected chi connectivity index (χ3v) is 4.71.